The van der Waals surface area contributed by atoms with Crippen LogP contribution in [0.4, 0.5) is 0 Å². The summed E-state index contributed by atoms with van der Waals surface area (Å²) in [5.74, 6) is 0.387. The van der Waals surface area contributed by atoms with Crippen LogP contribution >= 0.6 is 11.6 Å². The molecule has 1 atom stereocenters. The van der Waals surface area contributed by atoms with Crippen LogP contribution in [0.25, 0.3) is 10.9 Å². The second-order valence-corrected chi connectivity index (χ2v) is 6.17. The molecular formula is C19H19ClN2O3. The fourth-order valence-corrected chi connectivity index (χ4v) is 2.99. The molecule has 0 radical (unpaired) electrons. The summed E-state index contributed by atoms with van der Waals surface area (Å²) < 4.78 is 5.36. The van der Waals surface area contributed by atoms with Crippen LogP contribution in [0.15, 0.2) is 53.1 Å². The van der Waals surface area contributed by atoms with Crippen LogP contribution in [0.3, 0.4) is 0 Å². The zero-order valence-electron chi connectivity index (χ0n) is 13.9. The van der Waals surface area contributed by atoms with E-state index in [1.165, 1.54) is 0 Å². The third-order valence-electron chi connectivity index (χ3n) is 4.18. The van der Waals surface area contributed by atoms with Gasteiger partial charge in [-0.25, -0.2) is 4.98 Å². The van der Waals surface area contributed by atoms with Gasteiger partial charge in [-0.2, -0.15) is 0 Å². The summed E-state index contributed by atoms with van der Waals surface area (Å²) in [7, 11) is 0. The lowest BCUT2D eigenvalue weighted by Gasteiger charge is -2.29. The van der Waals surface area contributed by atoms with Crippen LogP contribution in [0.2, 0.25) is 5.02 Å². The molecule has 130 valence electrons. The highest BCUT2D eigenvalue weighted by molar-refractivity contribution is 6.35. The van der Waals surface area contributed by atoms with Gasteiger partial charge in [-0.1, -0.05) is 36.7 Å². The standard InChI is InChI=1S/C19H19ClN2O3/c1-2-14(12-23)22(11-15-6-4-10-25-15)19(24)17-9-8-13-5-3-7-16(20)18(13)21-17/h3-10,14,23H,2,11-12H2,1H3/t14-/m1/s1. The lowest BCUT2D eigenvalue weighted by Crippen LogP contribution is -2.42. The Hall–Kier alpha value is -2.37. The third kappa shape index (κ3) is 3.67. The van der Waals surface area contributed by atoms with Gasteiger partial charge in [0.15, 0.2) is 0 Å². The average Bonchev–Trinajstić information content (AvgIpc) is 3.14. The number of aliphatic hydroxyl groups excluding tert-OH is 1. The molecule has 2 heterocycles. The minimum atomic E-state index is -0.318. The number of para-hydroxylation sites is 1. The van der Waals surface area contributed by atoms with Gasteiger partial charge in [-0.15, -0.1) is 0 Å². The molecule has 25 heavy (non-hydrogen) atoms. The molecule has 0 saturated carbocycles. The Morgan fingerprint density at radius 1 is 1.28 bits per heavy atom. The summed E-state index contributed by atoms with van der Waals surface area (Å²) in [6.07, 6.45) is 2.18. The normalized spacial score (nSPS) is 12.3. The van der Waals surface area contributed by atoms with E-state index < -0.39 is 0 Å². The third-order valence-corrected chi connectivity index (χ3v) is 4.49. The van der Waals surface area contributed by atoms with E-state index in [1.807, 2.05) is 25.1 Å². The van der Waals surface area contributed by atoms with Gasteiger partial charge in [0.05, 0.1) is 36.0 Å². The zero-order valence-corrected chi connectivity index (χ0v) is 14.6. The Labute approximate surface area is 150 Å². The van der Waals surface area contributed by atoms with Crippen molar-refractivity contribution in [1.82, 2.24) is 9.88 Å². The number of aliphatic hydroxyl groups is 1. The van der Waals surface area contributed by atoms with E-state index in [9.17, 15) is 9.90 Å². The van der Waals surface area contributed by atoms with Gasteiger partial charge >= 0.3 is 0 Å². The molecule has 1 N–H and O–H groups in total. The first kappa shape index (κ1) is 17.5. The molecule has 1 amide bonds. The topological polar surface area (TPSA) is 66.6 Å². The largest absolute Gasteiger partial charge is 0.467 e. The van der Waals surface area contributed by atoms with Crippen LogP contribution < -0.4 is 0 Å². The van der Waals surface area contributed by atoms with Gasteiger partial charge in [0, 0.05) is 5.39 Å². The van der Waals surface area contributed by atoms with E-state index in [0.717, 1.165) is 5.39 Å². The van der Waals surface area contributed by atoms with Crippen molar-refractivity contribution in [2.24, 2.45) is 0 Å². The minimum Gasteiger partial charge on any atom is -0.467 e. The number of pyridine rings is 1. The summed E-state index contributed by atoms with van der Waals surface area (Å²) in [5.41, 5.74) is 0.879. The van der Waals surface area contributed by atoms with E-state index >= 15 is 0 Å². The van der Waals surface area contributed by atoms with E-state index in [2.05, 4.69) is 4.98 Å². The van der Waals surface area contributed by atoms with Crippen LogP contribution in [0.1, 0.15) is 29.6 Å². The van der Waals surface area contributed by atoms with Gasteiger partial charge in [-0.3, -0.25) is 4.79 Å². The first-order chi connectivity index (χ1) is 12.1. The zero-order chi connectivity index (χ0) is 17.8. The monoisotopic (exact) mass is 358 g/mol. The highest BCUT2D eigenvalue weighted by atomic mass is 35.5. The van der Waals surface area contributed by atoms with Crippen LogP contribution in [-0.4, -0.2) is 33.5 Å². The summed E-state index contributed by atoms with van der Waals surface area (Å²) >= 11 is 6.20. The van der Waals surface area contributed by atoms with Crippen molar-refractivity contribution in [3.8, 4) is 0 Å². The Bertz CT molecular complexity index is 860. The summed E-state index contributed by atoms with van der Waals surface area (Å²) in [4.78, 5) is 19.1. The fraction of sp³-hybridized carbons (Fsp3) is 0.263. The predicted octanol–water partition coefficient (Wildman–Crippen LogP) is 3.89. The highest BCUT2D eigenvalue weighted by Gasteiger charge is 2.25. The van der Waals surface area contributed by atoms with E-state index in [1.54, 1.807) is 35.4 Å². The van der Waals surface area contributed by atoms with Crippen molar-refractivity contribution in [2.75, 3.05) is 6.61 Å². The number of furan rings is 1. The summed E-state index contributed by atoms with van der Waals surface area (Å²) in [6, 6.07) is 12.2. The Balaban J connectivity index is 1.97. The van der Waals surface area contributed by atoms with Crippen LogP contribution in [0, 0.1) is 0 Å². The molecule has 0 bridgehead atoms. The number of carbonyl (C=O) groups is 1. The fourth-order valence-electron chi connectivity index (χ4n) is 2.76. The van der Waals surface area contributed by atoms with E-state index in [4.69, 9.17) is 16.0 Å². The Morgan fingerprint density at radius 2 is 2.12 bits per heavy atom. The molecule has 5 nitrogen and oxygen atoms in total. The second-order valence-electron chi connectivity index (χ2n) is 5.77. The molecule has 0 fully saturated rings. The lowest BCUT2D eigenvalue weighted by atomic mass is 10.1. The molecule has 0 spiro atoms. The number of rotatable bonds is 6. The number of halogens is 1. The van der Waals surface area contributed by atoms with Crippen LogP contribution in [-0.2, 0) is 6.54 Å². The molecule has 0 aliphatic heterocycles. The molecule has 0 aliphatic rings. The highest BCUT2D eigenvalue weighted by Crippen LogP contribution is 2.23. The maximum Gasteiger partial charge on any atom is 0.273 e. The van der Waals surface area contributed by atoms with E-state index in [-0.39, 0.29) is 25.1 Å². The molecule has 1 aromatic carbocycles. The molecule has 0 unspecified atom stereocenters. The number of carbonyl (C=O) groups excluding carboxylic acids is 1. The minimum absolute atomic E-state index is 0.128. The predicted molar refractivity (Wildman–Crippen MR) is 96.5 cm³/mol. The van der Waals surface area contributed by atoms with Gasteiger partial charge < -0.3 is 14.4 Å². The summed E-state index contributed by atoms with van der Waals surface area (Å²) in [5, 5.41) is 11.0. The second kappa shape index (κ2) is 7.68. The van der Waals surface area contributed by atoms with Gasteiger partial charge in [0.2, 0.25) is 0 Å². The Kier molecular flexibility index (Phi) is 5.36. The lowest BCUT2D eigenvalue weighted by molar-refractivity contribution is 0.0539. The van der Waals surface area contributed by atoms with Gasteiger partial charge in [-0.05, 0) is 30.7 Å². The van der Waals surface area contributed by atoms with Crippen molar-refractivity contribution in [3.05, 3.63) is 65.2 Å². The maximum atomic E-state index is 13.1. The number of benzene rings is 1. The van der Waals surface area contributed by atoms with E-state index in [0.29, 0.717) is 28.4 Å². The molecule has 3 rings (SSSR count). The molecule has 6 heteroatoms. The Morgan fingerprint density at radius 3 is 2.80 bits per heavy atom. The summed E-state index contributed by atoms with van der Waals surface area (Å²) in [6.45, 7) is 2.07. The van der Waals surface area contributed by atoms with Crippen molar-refractivity contribution >= 4 is 28.4 Å². The molecular weight excluding hydrogens is 340 g/mol. The molecule has 3 aromatic rings. The number of hydrogen-bond donors (Lipinski definition) is 1. The molecule has 0 saturated heterocycles. The number of aromatic nitrogens is 1. The number of nitrogens with zero attached hydrogens (tertiary/aromatic N) is 2. The van der Waals surface area contributed by atoms with Crippen molar-refractivity contribution < 1.29 is 14.3 Å². The first-order valence-corrected chi connectivity index (χ1v) is 8.51. The van der Waals surface area contributed by atoms with Crippen LogP contribution in [0.5, 0.6) is 0 Å². The molecule has 2 aromatic heterocycles. The van der Waals surface area contributed by atoms with Gasteiger partial charge in [0.1, 0.15) is 11.5 Å². The number of hydrogen-bond acceptors (Lipinski definition) is 4. The SMILES string of the molecule is CC[C@H](CO)N(Cc1ccco1)C(=O)c1ccc2cccc(Cl)c2n1. The quantitative estimate of drug-likeness (QED) is 0.725. The number of fused-ring (bicyclic) bond motifs is 1. The van der Waals surface area contributed by atoms with Gasteiger partial charge in [0.25, 0.3) is 5.91 Å². The maximum absolute atomic E-state index is 13.1. The number of amides is 1. The van der Waals surface area contributed by atoms with Crippen molar-refractivity contribution in [3.63, 3.8) is 0 Å². The first-order valence-electron chi connectivity index (χ1n) is 8.13. The average molecular weight is 359 g/mol. The smallest absolute Gasteiger partial charge is 0.273 e. The van der Waals surface area contributed by atoms with Crippen molar-refractivity contribution in [1.29, 1.82) is 0 Å². The van der Waals surface area contributed by atoms with Crippen molar-refractivity contribution in [2.45, 2.75) is 25.9 Å². The molecule has 0 aliphatic carbocycles.